The number of carbonyl (C=O) groups is 3. The molecule has 1 heterocycles. The maximum absolute atomic E-state index is 12.3. The standard InChI is InChI=1S/C17H13NO4/c19-15-10-11-16(20)18(15)22-17(21)14-9-5-4-8-13(14)12-6-2-1-3-7-12/h1-9H,10-11H2. The fourth-order valence-corrected chi connectivity index (χ4v) is 2.32. The average molecular weight is 295 g/mol. The fraction of sp³-hybridized carbons (Fsp3) is 0.118. The number of imide groups is 1. The van der Waals surface area contributed by atoms with Crippen LogP contribution in [-0.2, 0) is 14.4 Å². The van der Waals surface area contributed by atoms with E-state index in [1.165, 1.54) is 0 Å². The first-order chi connectivity index (χ1) is 10.7. The van der Waals surface area contributed by atoms with E-state index in [9.17, 15) is 14.4 Å². The van der Waals surface area contributed by atoms with Crippen LogP contribution < -0.4 is 0 Å². The predicted octanol–water partition coefficient (Wildman–Crippen LogP) is 2.57. The smallest absolute Gasteiger partial charge is 0.325 e. The van der Waals surface area contributed by atoms with Gasteiger partial charge in [-0.25, -0.2) is 4.79 Å². The van der Waals surface area contributed by atoms with Gasteiger partial charge in [-0.2, -0.15) is 0 Å². The predicted molar refractivity (Wildman–Crippen MR) is 78.4 cm³/mol. The number of hydrogen-bond acceptors (Lipinski definition) is 4. The molecule has 22 heavy (non-hydrogen) atoms. The van der Waals surface area contributed by atoms with Crippen molar-refractivity contribution in [3.8, 4) is 11.1 Å². The van der Waals surface area contributed by atoms with E-state index in [1.54, 1.807) is 18.2 Å². The molecular formula is C17H13NO4. The summed E-state index contributed by atoms with van der Waals surface area (Å²) in [5, 5.41) is 0.560. The van der Waals surface area contributed by atoms with Crippen LogP contribution in [0.2, 0.25) is 0 Å². The molecule has 0 bridgehead atoms. The molecule has 2 aromatic rings. The second-order valence-corrected chi connectivity index (χ2v) is 4.87. The Morgan fingerprint density at radius 1 is 0.864 bits per heavy atom. The van der Waals surface area contributed by atoms with Crippen LogP contribution in [0, 0.1) is 0 Å². The van der Waals surface area contributed by atoms with Gasteiger partial charge >= 0.3 is 5.97 Å². The molecule has 0 unspecified atom stereocenters. The number of hydroxylamine groups is 2. The summed E-state index contributed by atoms with van der Waals surface area (Å²) in [6.45, 7) is 0. The van der Waals surface area contributed by atoms with Gasteiger partial charge in [0.2, 0.25) is 0 Å². The number of hydrogen-bond donors (Lipinski definition) is 0. The molecule has 0 saturated carbocycles. The first-order valence-electron chi connectivity index (χ1n) is 6.89. The monoisotopic (exact) mass is 295 g/mol. The molecule has 0 N–H and O–H groups in total. The lowest BCUT2D eigenvalue weighted by Crippen LogP contribution is -2.32. The summed E-state index contributed by atoms with van der Waals surface area (Å²) in [7, 11) is 0. The van der Waals surface area contributed by atoms with Gasteiger partial charge in [-0.1, -0.05) is 48.5 Å². The van der Waals surface area contributed by atoms with Crippen LogP contribution in [0.1, 0.15) is 23.2 Å². The SMILES string of the molecule is O=C(ON1C(=O)CCC1=O)c1ccccc1-c1ccccc1. The Morgan fingerprint density at radius 2 is 1.45 bits per heavy atom. The van der Waals surface area contributed by atoms with Crippen molar-refractivity contribution >= 4 is 17.8 Å². The van der Waals surface area contributed by atoms with Crippen molar-refractivity contribution < 1.29 is 19.2 Å². The summed E-state index contributed by atoms with van der Waals surface area (Å²) in [6, 6.07) is 16.3. The zero-order chi connectivity index (χ0) is 15.5. The Morgan fingerprint density at radius 3 is 2.14 bits per heavy atom. The van der Waals surface area contributed by atoms with Crippen molar-refractivity contribution in [2.75, 3.05) is 0 Å². The van der Waals surface area contributed by atoms with E-state index in [0.717, 1.165) is 5.56 Å². The molecule has 0 aliphatic carbocycles. The van der Waals surface area contributed by atoms with Crippen molar-refractivity contribution in [3.63, 3.8) is 0 Å². The number of benzene rings is 2. The minimum absolute atomic E-state index is 0.0758. The molecule has 2 amide bonds. The molecule has 1 saturated heterocycles. The van der Waals surface area contributed by atoms with Gasteiger partial charge in [0, 0.05) is 12.8 Å². The normalized spacial score (nSPS) is 14.3. The number of nitrogens with zero attached hydrogens (tertiary/aromatic N) is 1. The van der Waals surface area contributed by atoms with Crippen molar-refractivity contribution in [2.24, 2.45) is 0 Å². The van der Waals surface area contributed by atoms with Crippen molar-refractivity contribution in [3.05, 3.63) is 60.2 Å². The van der Waals surface area contributed by atoms with Gasteiger partial charge < -0.3 is 4.84 Å². The highest BCUT2D eigenvalue weighted by Crippen LogP contribution is 2.25. The number of carbonyl (C=O) groups excluding carboxylic acids is 3. The van der Waals surface area contributed by atoms with E-state index < -0.39 is 17.8 Å². The summed E-state index contributed by atoms with van der Waals surface area (Å²) < 4.78 is 0. The molecule has 0 spiro atoms. The van der Waals surface area contributed by atoms with Gasteiger partial charge in [-0.3, -0.25) is 9.59 Å². The maximum Gasteiger partial charge on any atom is 0.364 e. The summed E-state index contributed by atoms with van der Waals surface area (Å²) in [4.78, 5) is 40.4. The van der Waals surface area contributed by atoms with Crippen LogP contribution in [0.4, 0.5) is 0 Å². The van der Waals surface area contributed by atoms with E-state index in [0.29, 0.717) is 16.2 Å². The third-order valence-corrected chi connectivity index (χ3v) is 3.41. The van der Waals surface area contributed by atoms with Crippen LogP contribution >= 0.6 is 0 Å². The van der Waals surface area contributed by atoms with E-state index in [2.05, 4.69) is 0 Å². The molecule has 5 heteroatoms. The van der Waals surface area contributed by atoms with Gasteiger partial charge in [-0.05, 0) is 17.2 Å². The van der Waals surface area contributed by atoms with Crippen LogP contribution in [0.3, 0.4) is 0 Å². The average Bonchev–Trinajstić information content (AvgIpc) is 2.87. The van der Waals surface area contributed by atoms with Gasteiger partial charge in [0.25, 0.3) is 11.8 Å². The van der Waals surface area contributed by atoms with Gasteiger partial charge in [-0.15, -0.1) is 5.06 Å². The third-order valence-electron chi connectivity index (χ3n) is 3.41. The Bertz CT molecular complexity index is 723. The molecule has 0 aromatic heterocycles. The van der Waals surface area contributed by atoms with Gasteiger partial charge in [0.05, 0.1) is 5.56 Å². The zero-order valence-electron chi connectivity index (χ0n) is 11.7. The van der Waals surface area contributed by atoms with Gasteiger partial charge in [0.15, 0.2) is 0 Å². The summed E-state index contributed by atoms with van der Waals surface area (Å²) in [6.07, 6.45) is 0.152. The zero-order valence-corrected chi connectivity index (χ0v) is 11.7. The van der Waals surface area contributed by atoms with Crippen LogP contribution in [0.15, 0.2) is 54.6 Å². The molecule has 2 aromatic carbocycles. The molecule has 1 aliphatic rings. The van der Waals surface area contributed by atoms with Gasteiger partial charge in [0.1, 0.15) is 0 Å². The fourth-order valence-electron chi connectivity index (χ4n) is 2.32. The lowest BCUT2D eigenvalue weighted by atomic mass is 10.00. The molecule has 1 aliphatic heterocycles. The van der Waals surface area contributed by atoms with E-state index in [-0.39, 0.29) is 12.8 Å². The minimum atomic E-state index is -0.719. The Hall–Kier alpha value is -2.95. The topological polar surface area (TPSA) is 63.7 Å². The summed E-state index contributed by atoms with van der Waals surface area (Å²) in [5.74, 6) is -1.70. The van der Waals surface area contributed by atoms with E-state index >= 15 is 0 Å². The number of rotatable bonds is 3. The minimum Gasteiger partial charge on any atom is -0.325 e. The third kappa shape index (κ3) is 2.61. The van der Waals surface area contributed by atoms with Crippen LogP contribution in [0.5, 0.6) is 0 Å². The molecule has 5 nitrogen and oxygen atoms in total. The summed E-state index contributed by atoms with van der Waals surface area (Å²) in [5.41, 5.74) is 1.85. The Balaban J connectivity index is 1.90. The highest BCUT2D eigenvalue weighted by Gasteiger charge is 2.33. The van der Waals surface area contributed by atoms with E-state index in [1.807, 2.05) is 36.4 Å². The highest BCUT2D eigenvalue weighted by molar-refractivity contribution is 6.04. The Kier molecular flexibility index (Phi) is 3.70. The van der Waals surface area contributed by atoms with Crippen molar-refractivity contribution in [1.82, 2.24) is 5.06 Å². The lowest BCUT2D eigenvalue weighted by Gasteiger charge is -2.14. The van der Waals surface area contributed by atoms with E-state index in [4.69, 9.17) is 4.84 Å². The largest absolute Gasteiger partial charge is 0.364 e. The van der Waals surface area contributed by atoms with Crippen molar-refractivity contribution in [2.45, 2.75) is 12.8 Å². The van der Waals surface area contributed by atoms with Crippen molar-refractivity contribution in [1.29, 1.82) is 0 Å². The molecular weight excluding hydrogens is 282 g/mol. The molecule has 110 valence electrons. The Labute approximate surface area is 127 Å². The molecule has 3 rings (SSSR count). The molecule has 0 radical (unpaired) electrons. The maximum atomic E-state index is 12.3. The lowest BCUT2D eigenvalue weighted by molar-refractivity contribution is -0.172. The first-order valence-corrected chi connectivity index (χ1v) is 6.89. The first kappa shape index (κ1) is 14.0. The van der Waals surface area contributed by atoms with Crippen LogP contribution in [-0.4, -0.2) is 22.8 Å². The quantitative estimate of drug-likeness (QED) is 0.816. The van der Waals surface area contributed by atoms with Crippen LogP contribution in [0.25, 0.3) is 11.1 Å². The molecule has 0 atom stereocenters. The highest BCUT2D eigenvalue weighted by atomic mass is 16.7. The summed E-state index contributed by atoms with van der Waals surface area (Å²) >= 11 is 0. The number of amides is 2. The molecule has 1 fully saturated rings. The second-order valence-electron chi connectivity index (χ2n) is 4.87. The second kappa shape index (κ2) is 5.81.